The lowest BCUT2D eigenvalue weighted by molar-refractivity contribution is 0.0509. The Labute approximate surface area is 142 Å². The fourth-order valence-electron chi connectivity index (χ4n) is 3.09. The van der Waals surface area contributed by atoms with Crippen LogP contribution < -0.4 is 10.2 Å². The van der Waals surface area contributed by atoms with Crippen LogP contribution in [-0.2, 0) is 4.74 Å². The number of phenols is 1. The summed E-state index contributed by atoms with van der Waals surface area (Å²) in [6.07, 6.45) is 0.499. The van der Waals surface area contributed by atoms with E-state index in [1.54, 1.807) is 12.1 Å². The Bertz CT molecular complexity index is 752. The van der Waals surface area contributed by atoms with Gasteiger partial charge in [-0.1, -0.05) is 18.2 Å². The van der Waals surface area contributed by atoms with Crippen LogP contribution in [0.25, 0.3) is 10.8 Å². The quantitative estimate of drug-likeness (QED) is 0.883. The van der Waals surface area contributed by atoms with Gasteiger partial charge < -0.3 is 20.1 Å². The number of carbonyl (C=O) groups is 1. The van der Waals surface area contributed by atoms with Crippen molar-refractivity contribution in [3.05, 3.63) is 36.4 Å². The van der Waals surface area contributed by atoms with Crippen molar-refractivity contribution in [2.75, 3.05) is 18.0 Å². The Morgan fingerprint density at radius 2 is 2.08 bits per heavy atom. The Balaban J connectivity index is 1.72. The maximum Gasteiger partial charge on any atom is 0.407 e. The van der Waals surface area contributed by atoms with E-state index in [1.807, 2.05) is 39.0 Å². The predicted molar refractivity (Wildman–Crippen MR) is 95.6 cm³/mol. The van der Waals surface area contributed by atoms with Gasteiger partial charge in [-0.05, 0) is 50.8 Å². The average molecular weight is 328 g/mol. The second-order valence-corrected chi connectivity index (χ2v) is 7.26. The van der Waals surface area contributed by atoms with Gasteiger partial charge in [-0.2, -0.15) is 0 Å². The molecule has 128 valence electrons. The zero-order valence-corrected chi connectivity index (χ0v) is 14.4. The van der Waals surface area contributed by atoms with Crippen molar-refractivity contribution in [1.29, 1.82) is 0 Å². The largest absolute Gasteiger partial charge is 0.508 e. The summed E-state index contributed by atoms with van der Waals surface area (Å²) >= 11 is 0. The number of phenolic OH excluding ortho intramolecular Hbond substituents is 1. The average Bonchev–Trinajstić information content (AvgIpc) is 2.92. The number of anilines is 1. The summed E-state index contributed by atoms with van der Waals surface area (Å²) < 4.78 is 5.32. The van der Waals surface area contributed by atoms with Crippen molar-refractivity contribution in [1.82, 2.24) is 5.32 Å². The van der Waals surface area contributed by atoms with Gasteiger partial charge in [0, 0.05) is 24.2 Å². The molecule has 1 saturated heterocycles. The molecule has 0 aliphatic carbocycles. The molecule has 1 amide bonds. The minimum absolute atomic E-state index is 0.0624. The number of fused-ring (bicyclic) bond motifs is 1. The molecule has 0 aromatic heterocycles. The number of benzene rings is 2. The zero-order chi connectivity index (χ0) is 17.3. The molecule has 1 unspecified atom stereocenters. The van der Waals surface area contributed by atoms with Gasteiger partial charge in [-0.15, -0.1) is 0 Å². The molecule has 0 bridgehead atoms. The number of carbonyl (C=O) groups excluding carboxylic acids is 1. The van der Waals surface area contributed by atoms with Gasteiger partial charge in [0.1, 0.15) is 11.4 Å². The van der Waals surface area contributed by atoms with Crippen LogP contribution in [0.5, 0.6) is 5.75 Å². The molecule has 0 spiro atoms. The maximum absolute atomic E-state index is 11.9. The summed E-state index contributed by atoms with van der Waals surface area (Å²) in [5.74, 6) is 0.262. The highest BCUT2D eigenvalue weighted by atomic mass is 16.6. The molecular weight excluding hydrogens is 304 g/mol. The minimum Gasteiger partial charge on any atom is -0.508 e. The highest BCUT2D eigenvalue weighted by Gasteiger charge is 2.27. The van der Waals surface area contributed by atoms with Crippen LogP contribution in [0.1, 0.15) is 27.2 Å². The van der Waals surface area contributed by atoms with Crippen LogP contribution in [0.4, 0.5) is 10.5 Å². The molecule has 1 aliphatic heterocycles. The normalized spacial score (nSPS) is 18.0. The van der Waals surface area contributed by atoms with Crippen LogP contribution in [0.3, 0.4) is 0 Å². The molecule has 24 heavy (non-hydrogen) atoms. The molecule has 0 radical (unpaired) electrons. The molecule has 2 N–H and O–H groups in total. The van der Waals surface area contributed by atoms with Crippen molar-refractivity contribution >= 4 is 22.6 Å². The highest BCUT2D eigenvalue weighted by molar-refractivity contribution is 5.95. The van der Waals surface area contributed by atoms with Crippen molar-refractivity contribution < 1.29 is 14.6 Å². The number of hydrogen-bond donors (Lipinski definition) is 2. The third-order valence-electron chi connectivity index (χ3n) is 4.09. The van der Waals surface area contributed by atoms with Gasteiger partial charge in [0.05, 0.1) is 6.04 Å². The number of aromatic hydroxyl groups is 1. The van der Waals surface area contributed by atoms with Crippen molar-refractivity contribution in [2.24, 2.45) is 0 Å². The molecule has 2 aromatic rings. The number of nitrogens with one attached hydrogen (secondary N) is 1. The van der Waals surface area contributed by atoms with Crippen LogP contribution in [0.15, 0.2) is 36.4 Å². The fraction of sp³-hybridized carbons (Fsp3) is 0.421. The molecule has 0 saturated carbocycles. The molecular formula is C19H24N2O3. The highest BCUT2D eigenvalue weighted by Crippen LogP contribution is 2.31. The van der Waals surface area contributed by atoms with E-state index >= 15 is 0 Å². The molecule has 3 rings (SSSR count). The fourth-order valence-corrected chi connectivity index (χ4v) is 3.09. The van der Waals surface area contributed by atoms with Crippen LogP contribution in [0, 0.1) is 0 Å². The van der Waals surface area contributed by atoms with E-state index in [1.165, 1.54) is 0 Å². The Kier molecular flexibility index (Phi) is 4.26. The summed E-state index contributed by atoms with van der Waals surface area (Å²) in [5, 5.41) is 14.8. The van der Waals surface area contributed by atoms with Crippen molar-refractivity contribution in [2.45, 2.75) is 38.8 Å². The molecule has 5 nitrogen and oxygen atoms in total. The molecule has 1 atom stereocenters. The maximum atomic E-state index is 11.9. The monoisotopic (exact) mass is 328 g/mol. The first-order valence-corrected chi connectivity index (χ1v) is 8.28. The van der Waals surface area contributed by atoms with E-state index in [9.17, 15) is 9.90 Å². The third kappa shape index (κ3) is 3.72. The second kappa shape index (κ2) is 6.23. The number of hydrogen-bond acceptors (Lipinski definition) is 4. The smallest absolute Gasteiger partial charge is 0.407 e. The van der Waals surface area contributed by atoms with E-state index in [0.717, 1.165) is 36.0 Å². The first kappa shape index (κ1) is 16.4. The van der Waals surface area contributed by atoms with Gasteiger partial charge in [-0.3, -0.25) is 0 Å². The van der Waals surface area contributed by atoms with Crippen LogP contribution >= 0.6 is 0 Å². The number of amides is 1. The standard InChI is InChI=1S/C19H24N2O3/c1-19(2,3)24-18(23)20-14-9-10-21(12-14)17-6-4-5-13-7-8-15(22)11-16(13)17/h4-8,11,14,22H,9-10,12H2,1-3H3,(H,20,23). The summed E-state index contributed by atoms with van der Waals surface area (Å²) in [6, 6.07) is 11.6. The summed E-state index contributed by atoms with van der Waals surface area (Å²) in [7, 11) is 0. The lowest BCUT2D eigenvalue weighted by Gasteiger charge is -2.23. The van der Waals surface area contributed by atoms with E-state index < -0.39 is 5.60 Å². The number of rotatable bonds is 2. The van der Waals surface area contributed by atoms with Gasteiger partial charge in [0.2, 0.25) is 0 Å². The van der Waals surface area contributed by atoms with E-state index in [4.69, 9.17) is 4.74 Å². The predicted octanol–water partition coefficient (Wildman–Crippen LogP) is 3.65. The molecule has 1 heterocycles. The molecule has 2 aromatic carbocycles. The molecule has 1 fully saturated rings. The first-order valence-electron chi connectivity index (χ1n) is 8.28. The third-order valence-corrected chi connectivity index (χ3v) is 4.09. The lowest BCUT2D eigenvalue weighted by Crippen LogP contribution is -2.40. The van der Waals surface area contributed by atoms with Gasteiger partial charge in [-0.25, -0.2) is 4.79 Å². The SMILES string of the molecule is CC(C)(C)OC(=O)NC1CCN(c2cccc3ccc(O)cc23)C1. The Morgan fingerprint density at radius 3 is 2.83 bits per heavy atom. The van der Waals surface area contributed by atoms with Crippen LogP contribution in [-0.4, -0.2) is 35.9 Å². The minimum atomic E-state index is -0.491. The summed E-state index contributed by atoms with van der Waals surface area (Å²) in [4.78, 5) is 14.2. The van der Waals surface area contributed by atoms with E-state index in [-0.39, 0.29) is 17.9 Å². The Morgan fingerprint density at radius 1 is 1.29 bits per heavy atom. The van der Waals surface area contributed by atoms with Crippen molar-refractivity contribution in [3.8, 4) is 5.75 Å². The summed E-state index contributed by atoms with van der Waals surface area (Å²) in [5.41, 5.74) is 0.590. The molecule has 1 aliphatic rings. The van der Waals surface area contributed by atoms with E-state index in [2.05, 4.69) is 16.3 Å². The van der Waals surface area contributed by atoms with E-state index in [0.29, 0.717) is 0 Å². The van der Waals surface area contributed by atoms with Crippen LogP contribution in [0.2, 0.25) is 0 Å². The first-order chi connectivity index (χ1) is 11.3. The lowest BCUT2D eigenvalue weighted by atomic mass is 10.1. The molecule has 5 heteroatoms. The van der Waals surface area contributed by atoms with Gasteiger partial charge >= 0.3 is 6.09 Å². The number of ether oxygens (including phenoxy) is 1. The summed E-state index contributed by atoms with van der Waals surface area (Å²) in [6.45, 7) is 7.16. The number of alkyl carbamates (subject to hydrolysis) is 1. The van der Waals surface area contributed by atoms with Gasteiger partial charge in [0.25, 0.3) is 0 Å². The number of nitrogens with zero attached hydrogens (tertiary/aromatic N) is 1. The topological polar surface area (TPSA) is 61.8 Å². The zero-order valence-electron chi connectivity index (χ0n) is 14.4. The Hall–Kier alpha value is -2.43. The van der Waals surface area contributed by atoms with Crippen molar-refractivity contribution in [3.63, 3.8) is 0 Å². The second-order valence-electron chi connectivity index (χ2n) is 7.26. The van der Waals surface area contributed by atoms with Gasteiger partial charge in [0.15, 0.2) is 0 Å².